The minimum Gasteiger partial charge on any atom is -0.497 e. The smallest absolute Gasteiger partial charge is 0.262 e. The second kappa shape index (κ2) is 11.1. The minimum absolute atomic E-state index is 0.0145. The molecule has 3 aromatic rings. The molecule has 0 radical (unpaired) electrons. The maximum absolute atomic E-state index is 12.8. The van der Waals surface area contributed by atoms with Crippen molar-refractivity contribution in [2.75, 3.05) is 19.5 Å². The van der Waals surface area contributed by atoms with E-state index in [1.165, 1.54) is 17.3 Å². The van der Waals surface area contributed by atoms with E-state index >= 15 is 0 Å². The van der Waals surface area contributed by atoms with Gasteiger partial charge in [-0.2, -0.15) is 10.1 Å². The number of hydrazone groups is 1. The van der Waals surface area contributed by atoms with Crippen LogP contribution in [-0.4, -0.2) is 47.2 Å². The maximum Gasteiger partial charge on any atom is 0.262 e. The second-order valence-corrected chi connectivity index (χ2v) is 10.2. The van der Waals surface area contributed by atoms with Crippen LogP contribution in [0.4, 0.5) is 5.69 Å². The number of ether oxygens (including phenoxy) is 2. The Kier molecular flexibility index (Phi) is 7.46. The summed E-state index contributed by atoms with van der Waals surface area (Å²) in [5.74, 6) is 0.893. The van der Waals surface area contributed by atoms with Crippen LogP contribution in [0.15, 0.2) is 82.9 Å². The summed E-state index contributed by atoms with van der Waals surface area (Å²) in [5, 5.41) is 9.47. The van der Waals surface area contributed by atoms with Crippen molar-refractivity contribution < 1.29 is 19.1 Å². The first-order valence-electron chi connectivity index (χ1n) is 12.2. The molecule has 5 rings (SSSR count). The Morgan fingerprint density at radius 1 is 0.974 bits per heavy atom. The lowest BCUT2D eigenvalue weighted by molar-refractivity contribution is -0.121. The Bertz CT molecular complexity index is 1390. The predicted octanol–water partition coefficient (Wildman–Crippen LogP) is 5.19. The van der Waals surface area contributed by atoms with Gasteiger partial charge in [-0.15, -0.1) is 0 Å². The van der Waals surface area contributed by atoms with Gasteiger partial charge in [-0.3, -0.25) is 9.59 Å². The number of thioether (sulfide) groups is 1. The molecule has 2 unspecified atom stereocenters. The van der Waals surface area contributed by atoms with E-state index in [4.69, 9.17) is 14.6 Å². The number of nitrogens with zero attached hydrogens (tertiary/aromatic N) is 3. The van der Waals surface area contributed by atoms with Crippen molar-refractivity contribution in [2.45, 2.75) is 31.1 Å². The summed E-state index contributed by atoms with van der Waals surface area (Å²) < 4.78 is 10.4. The van der Waals surface area contributed by atoms with Crippen LogP contribution in [0.1, 0.15) is 35.6 Å². The van der Waals surface area contributed by atoms with Crippen molar-refractivity contribution in [1.82, 2.24) is 5.01 Å². The molecule has 0 saturated heterocycles. The maximum atomic E-state index is 12.8. The van der Waals surface area contributed by atoms with E-state index in [-0.39, 0.29) is 24.3 Å². The summed E-state index contributed by atoms with van der Waals surface area (Å²) in [7, 11) is 3.22. The van der Waals surface area contributed by atoms with Gasteiger partial charge in [0.25, 0.3) is 5.91 Å². The molecule has 0 fully saturated rings. The molecule has 2 aliphatic rings. The molecular weight excluding hydrogens is 500 g/mol. The van der Waals surface area contributed by atoms with Crippen LogP contribution < -0.4 is 14.8 Å². The highest BCUT2D eigenvalue weighted by molar-refractivity contribution is 8.15. The number of hydrogen-bond acceptors (Lipinski definition) is 7. The number of aliphatic imine (C=N–C) groups is 1. The number of amidine groups is 1. The summed E-state index contributed by atoms with van der Waals surface area (Å²) >= 11 is 1.28. The molecule has 38 heavy (non-hydrogen) atoms. The molecule has 9 heteroatoms. The van der Waals surface area contributed by atoms with Gasteiger partial charge in [-0.1, -0.05) is 41.6 Å². The standard InChI is InChI=1S/C29H28N4O4S/c1-18-4-6-20(7-5-18)25-16-24(19-8-12-22(36-2)13-9-19)32-33(25)29-31-28(35)26(38-29)17-27(34)30-21-10-14-23(37-3)15-11-21/h4-15,25-26H,16-17H2,1-3H3,(H,30,34). The summed E-state index contributed by atoms with van der Waals surface area (Å²) in [4.78, 5) is 29.8. The molecule has 0 saturated carbocycles. The van der Waals surface area contributed by atoms with Gasteiger partial charge in [-0.05, 0) is 66.6 Å². The Morgan fingerprint density at radius 3 is 2.24 bits per heavy atom. The third-order valence-electron chi connectivity index (χ3n) is 6.47. The summed E-state index contributed by atoms with van der Waals surface area (Å²) in [5.41, 5.74) is 4.77. The van der Waals surface area contributed by atoms with Gasteiger partial charge in [0.05, 0.1) is 26.0 Å². The first kappa shape index (κ1) is 25.5. The van der Waals surface area contributed by atoms with Crippen molar-refractivity contribution >= 4 is 40.1 Å². The lowest BCUT2D eigenvalue weighted by atomic mass is 9.98. The van der Waals surface area contributed by atoms with Crippen LogP contribution in [0, 0.1) is 6.92 Å². The van der Waals surface area contributed by atoms with Crippen LogP contribution in [0.25, 0.3) is 0 Å². The average Bonchev–Trinajstić information content (AvgIpc) is 3.53. The monoisotopic (exact) mass is 528 g/mol. The number of nitrogens with one attached hydrogen (secondary N) is 1. The van der Waals surface area contributed by atoms with E-state index in [2.05, 4.69) is 34.6 Å². The Morgan fingerprint density at radius 2 is 1.61 bits per heavy atom. The van der Waals surface area contributed by atoms with Crippen molar-refractivity contribution in [2.24, 2.45) is 10.1 Å². The number of carbonyl (C=O) groups is 2. The largest absolute Gasteiger partial charge is 0.497 e. The molecular formula is C29H28N4O4S. The lowest BCUT2D eigenvalue weighted by Crippen LogP contribution is -2.25. The van der Waals surface area contributed by atoms with E-state index in [9.17, 15) is 9.59 Å². The fraction of sp³-hybridized carbons (Fsp3) is 0.241. The van der Waals surface area contributed by atoms with Crippen LogP contribution >= 0.6 is 11.8 Å². The highest BCUT2D eigenvalue weighted by Crippen LogP contribution is 2.39. The minimum atomic E-state index is -0.609. The molecule has 2 heterocycles. The molecule has 3 aromatic carbocycles. The number of hydrogen-bond donors (Lipinski definition) is 1. The Labute approximate surface area is 225 Å². The van der Waals surface area contributed by atoms with Crippen LogP contribution in [0.2, 0.25) is 0 Å². The molecule has 2 atom stereocenters. The van der Waals surface area contributed by atoms with Crippen molar-refractivity contribution in [3.63, 3.8) is 0 Å². The number of amides is 2. The fourth-order valence-electron chi connectivity index (χ4n) is 4.35. The van der Waals surface area contributed by atoms with E-state index < -0.39 is 5.25 Å². The zero-order chi connectivity index (χ0) is 26.6. The Balaban J connectivity index is 1.33. The third-order valence-corrected chi connectivity index (χ3v) is 7.61. The van der Waals surface area contributed by atoms with Gasteiger partial charge in [0, 0.05) is 18.5 Å². The van der Waals surface area contributed by atoms with Crippen molar-refractivity contribution in [1.29, 1.82) is 0 Å². The summed E-state index contributed by atoms with van der Waals surface area (Å²) in [6.45, 7) is 2.05. The molecule has 194 valence electrons. The fourth-order valence-corrected chi connectivity index (χ4v) is 5.41. The summed E-state index contributed by atoms with van der Waals surface area (Å²) in [6, 6.07) is 23.0. The van der Waals surface area contributed by atoms with Gasteiger partial charge in [0.1, 0.15) is 16.7 Å². The normalized spacial score (nSPS) is 18.7. The lowest BCUT2D eigenvalue weighted by Gasteiger charge is -2.23. The van der Waals surface area contributed by atoms with Gasteiger partial charge in [0.15, 0.2) is 5.17 Å². The summed E-state index contributed by atoms with van der Waals surface area (Å²) in [6.07, 6.45) is 0.673. The van der Waals surface area contributed by atoms with Gasteiger partial charge < -0.3 is 14.8 Å². The zero-order valence-corrected chi connectivity index (χ0v) is 22.2. The molecule has 8 nitrogen and oxygen atoms in total. The highest BCUT2D eigenvalue weighted by atomic mass is 32.2. The van der Waals surface area contributed by atoms with Crippen molar-refractivity contribution in [3.05, 3.63) is 89.5 Å². The van der Waals surface area contributed by atoms with E-state index in [1.54, 1.807) is 38.5 Å². The zero-order valence-electron chi connectivity index (χ0n) is 21.4. The first-order valence-corrected chi connectivity index (χ1v) is 13.1. The number of carbonyl (C=O) groups excluding carboxylic acids is 2. The number of benzene rings is 3. The number of anilines is 1. The SMILES string of the molecule is COc1ccc(NC(=O)CC2SC(N3N=C(c4ccc(OC)cc4)CC3c3ccc(C)cc3)=NC2=O)cc1. The van der Waals surface area contributed by atoms with Crippen LogP contribution in [-0.2, 0) is 9.59 Å². The van der Waals surface area contributed by atoms with Gasteiger partial charge >= 0.3 is 0 Å². The number of aryl methyl sites for hydroxylation is 1. The second-order valence-electron chi connectivity index (χ2n) is 9.07. The molecule has 0 spiro atoms. The highest BCUT2D eigenvalue weighted by Gasteiger charge is 2.39. The molecule has 2 aliphatic heterocycles. The molecule has 2 amide bonds. The van der Waals surface area contributed by atoms with E-state index in [0.29, 0.717) is 23.0 Å². The number of rotatable bonds is 7. The van der Waals surface area contributed by atoms with Crippen molar-refractivity contribution in [3.8, 4) is 11.5 Å². The first-order chi connectivity index (χ1) is 18.4. The Hall–Kier alpha value is -4.11. The van der Waals surface area contributed by atoms with Crippen LogP contribution in [0.3, 0.4) is 0 Å². The van der Waals surface area contributed by atoms with E-state index in [1.807, 2.05) is 36.2 Å². The molecule has 1 N–H and O–H groups in total. The average molecular weight is 529 g/mol. The quantitative estimate of drug-likeness (QED) is 0.454. The molecule has 0 aromatic heterocycles. The number of methoxy groups -OCH3 is 2. The molecule has 0 aliphatic carbocycles. The van der Waals surface area contributed by atoms with Gasteiger partial charge in [-0.25, -0.2) is 5.01 Å². The van der Waals surface area contributed by atoms with E-state index in [0.717, 1.165) is 22.6 Å². The van der Waals surface area contributed by atoms with Crippen LogP contribution in [0.5, 0.6) is 11.5 Å². The van der Waals surface area contributed by atoms with Gasteiger partial charge in [0.2, 0.25) is 5.91 Å². The topological polar surface area (TPSA) is 92.6 Å². The predicted molar refractivity (Wildman–Crippen MR) is 150 cm³/mol. The molecule has 0 bridgehead atoms. The third kappa shape index (κ3) is 5.57.